The third-order valence-electron chi connectivity index (χ3n) is 7.80. The average Bonchev–Trinajstić information content (AvgIpc) is 3.24. The van der Waals surface area contributed by atoms with Crippen LogP contribution in [0.15, 0.2) is 42.5 Å². The van der Waals surface area contributed by atoms with Crippen molar-refractivity contribution in [3.63, 3.8) is 0 Å². The molecule has 194 valence electrons. The van der Waals surface area contributed by atoms with E-state index < -0.39 is 0 Å². The molecule has 0 unspecified atom stereocenters. The minimum absolute atomic E-state index is 0.0469. The Hall–Kier alpha value is -2.37. The number of carbonyl (C=O) groups excluding carboxylic acids is 1. The van der Waals surface area contributed by atoms with Crippen LogP contribution in [0.4, 0.5) is 5.00 Å². The van der Waals surface area contributed by atoms with Gasteiger partial charge in [-0.3, -0.25) is 4.79 Å². The third kappa shape index (κ3) is 6.12. The van der Waals surface area contributed by atoms with E-state index in [0.717, 1.165) is 60.7 Å². The van der Waals surface area contributed by atoms with E-state index in [2.05, 4.69) is 37.8 Å². The number of nitrogens with zero attached hydrogens (tertiary/aromatic N) is 1. The quantitative estimate of drug-likeness (QED) is 0.199. The van der Waals surface area contributed by atoms with Gasteiger partial charge < -0.3 is 15.4 Å². The molecule has 0 aliphatic carbocycles. The first kappa shape index (κ1) is 26.7. The maximum atomic E-state index is 13.3. The second-order valence-electron chi connectivity index (χ2n) is 10.1. The van der Waals surface area contributed by atoms with Gasteiger partial charge in [0.2, 0.25) is 0 Å². The van der Waals surface area contributed by atoms with Crippen molar-refractivity contribution in [1.29, 1.82) is 0 Å². The minimum Gasteiger partial charge on any atom is -0.494 e. The van der Waals surface area contributed by atoms with E-state index in [0.29, 0.717) is 17.5 Å². The molecule has 2 heterocycles. The molecule has 0 atom stereocenters. The summed E-state index contributed by atoms with van der Waals surface area (Å²) in [6.07, 6.45) is 9.41. The van der Waals surface area contributed by atoms with Crippen LogP contribution < -0.4 is 10.5 Å². The first-order valence-corrected chi connectivity index (χ1v) is 14.7. The van der Waals surface area contributed by atoms with E-state index in [1.165, 1.54) is 42.4 Å². The van der Waals surface area contributed by atoms with Crippen molar-refractivity contribution >= 4 is 32.2 Å². The predicted molar refractivity (Wildman–Crippen MR) is 154 cm³/mol. The Bertz CT molecular complexity index is 1130. The van der Waals surface area contributed by atoms with Gasteiger partial charge in [-0.2, -0.15) is 0 Å². The zero-order chi connectivity index (χ0) is 25.5. The van der Waals surface area contributed by atoms with Crippen molar-refractivity contribution in [2.75, 3.05) is 25.4 Å². The second-order valence-corrected chi connectivity index (χ2v) is 11.2. The lowest BCUT2D eigenvalue weighted by atomic mass is 9.87. The van der Waals surface area contributed by atoms with Gasteiger partial charge in [0, 0.05) is 21.9 Å². The van der Waals surface area contributed by atoms with Crippen LogP contribution in [0.5, 0.6) is 5.75 Å². The Kier molecular flexibility index (Phi) is 9.44. The largest absolute Gasteiger partial charge is 0.494 e. The molecule has 4 rings (SSSR count). The molecule has 1 saturated heterocycles. The van der Waals surface area contributed by atoms with Gasteiger partial charge in [-0.15, -0.1) is 11.3 Å². The van der Waals surface area contributed by atoms with Crippen LogP contribution in [0.1, 0.15) is 99.5 Å². The molecule has 0 radical (unpaired) electrons. The summed E-state index contributed by atoms with van der Waals surface area (Å²) in [5.74, 6) is 1.33. The smallest absolute Gasteiger partial charge is 0.193 e. The van der Waals surface area contributed by atoms with Gasteiger partial charge in [0.1, 0.15) is 5.75 Å². The van der Waals surface area contributed by atoms with Crippen molar-refractivity contribution in [3.8, 4) is 5.75 Å². The molecular formula is C31H42N2O2S. The number of rotatable bonds is 12. The SMILES string of the molecule is CCCCCCOc1ccc(C(=O)c2ccc3sc(N)c(C4CCN(C(CC)CC)CC4)c3c2)cc1. The second kappa shape index (κ2) is 12.7. The number of thiophene rings is 1. The fraction of sp³-hybridized carbons (Fsp3) is 0.516. The van der Waals surface area contributed by atoms with E-state index in [1.54, 1.807) is 11.3 Å². The van der Waals surface area contributed by atoms with Crippen molar-refractivity contribution in [2.24, 2.45) is 0 Å². The van der Waals surface area contributed by atoms with Gasteiger partial charge in [-0.25, -0.2) is 0 Å². The summed E-state index contributed by atoms with van der Waals surface area (Å²) in [7, 11) is 0. The fourth-order valence-electron chi connectivity index (χ4n) is 5.64. The molecule has 5 heteroatoms. The number of unbranched alkanes of at least 4 members (excludes halogenated alkanes) is 3. The third-order valence-corrected chi connectivity index (χ3v) is 8.81. The standard InChI is InChI=1S/C31H42N2O2S/c1-4-7-8-9-20-35-26-13-10-23(11-14-26)30(34)24-12-15-28-27(21-24)29(31(32)36-28)22-16-18-33(19-17-22)25(5-2)6-3/h10-15,21-22,25H,4-9,16-20,32H2,1-3H3. The highest BCUT2D eigenvalue weighted by atomic mass is 32.1. The molecular weight excluding hydrogens is 464 g/mol. The van der Waals surface area contributed by atoms with Gasteiger partial charge in [0.15, 0.2) is 5.78 Å². The Labute approximate surface area is 220 Å². The summed E-state index contributed by atoms with van der Waals surface area (Å²) in [6, 6.07) is 14.4. The summed E-state index contributed by atoms with van der Waals surface area (Å²) in [5.41, 5.74) is 9.24. The number of carbonyl (C=O) groups is 1. The van der Waals surface area contributed by atoms with Crippen LogP contribution in [0, 0.1) is 0 Å². The fourth-order valence-corrected chi connectivity index (χ4v) is 6.68. The van der Waals surface area contributed by atoms with E-state index in [9.17, 15) is 4.79 Å². The lowest BCUT2D eigenvalue weighted by Crippen LogP contribution is -2.40. The number of nitrogens with two attached hydrogens (primary N) is 1. The van der Waals surface area contributed by atoms with E-state index in [-0.39, 0.29) is 5.78 Å². The number of likely N-dealkylation sites (tertiary alicyclic amines) is 1. The molecule has 0 spiro atoms. The Morgan fingerprint density at radius 1 is 1.00 bits per heavy atom. The molecule has 1 aliphatic heterocycles. The highest BCUT2D eigenvalue weighted by molar-refractivity contribution is 7.22. The van der Waals surface area contributed by atoms with Gasteiger partial charge in [0.05, 0.1) is 11.6 Å². The van der Waals surface area contributed by atoms with Crippen LogP contribution >= 0.6 is 11.3 Å². The number of ether oxygens (including phenoxy) is 1. The molecule has 0 saturated carbocycles. The van der Waals surface area contributed by atoms with E-state index in [4.69, 9.17) is 10.5 Å². The first-order valence-electron chi connectivity index (χ1n) is 13.9. The Morgan fingerprint density at radius 3 is 2.36 bits per heavy atom. The molecule has 2 aromatic carbocycles. The van der Waals surface area contributed by atoms with Crippen molar-refractivity contribution in [1.82, 2.24) is 4.90 Å². The molecule has 3 aromatic rings. The molecule has 1 fully saturated rings. The molecule has 4 nitrogen and oxygen atoms in total. The van der Waals surface area contributed by atoms with Gasteiger partial charge in [-0.05, 0) is 105 Å². The number of ketones is 1. The number of hydrogen-bond donors (Lipinski definition) is 1. The van der Waals surface area contributed by atoms with E-state index in [1.807, 2.05) is 30.3 Å². The topological polar surface area (TPSA) is 55.6 Å². The van der Waals surface area contributed by atoms with Crippen LogP contribution in [0.25, 0.3) is 10.1 Å². The zero-order valence-electron chi connectivity index (χ0n) is 22.2. The van der Waals surface area contributed by atoms with Crippen LogP contribution in [0.2, 0.25) is 0 Å². The van der Waals surface area contributed by atoms with E-state index >= 15 is 0 Å². The number of anilines is 1. The summed E-state index contributed by atoms with van der Waals surface area (Å²) < 4.78 is 7.02. The van der Waals surface area contributed by atoms with Crippen molar-refractivity contribution in [3.05, 3.63) is 59.2 Å². The highest BCUT2D eigenvalue weighted by Crippen LogP contribution is 2.43. The molecule has 0 bridgehead atoms. The van der Waals surface area contributed by atoms with Crippen molar-refractivity contribution < 1.29 is 9.53 Å². The van der Waals surface area contributed by atoms with Crippen LogP contribution in [0.3, 0.4) is 0 Å². The first-order chi connectivity index (χ1) is 17.5. The number of nitrogen functional groups attached to an aromatic ring is 1. The lowest BCUT2D eigenvalue weighted by Gasteiger charge is -2.37. The predicted octanol–water partition coefficient (Wildman–Crippen LogP) is 8.04. The molecule has 0 amide bonds. The monoisotopic (exact) mass is 506 g/mol. The molecule has 2 N–H and O–H groups in total. The molecule has 1 aromatic heterocycles. The number of benzene rings is 2. The van der Waals surface area contributed by atoms with Crippen LogP contribution in [-0.2, 0) is 0 Å². The maximum Gasteiger partial charge on any atom is 0.193 e. The number of piperidine rings is 1. The summed E-state index contributed by atoms with van der Waals surface area (Å²) in [5, 5.41) is 2.08. The molecule has 36 heavy (non-hydrogen) atoms. The summed E-state index contributed by atoms with van der Waals surface area (Å²) in [4.78, 5) is 16.0. The van der Waals surface area contributed by atoms with Crippen LogP contribution in [-0.4, -0.2) is 36.4 Å². The normalized spacial score (nSPS) is 15.1. The summed E-state index contributed by atoms with van der Waals surface area (Å²) >= 11 is 1.66. The Balaban J connectivity index is 1.46. The Morgan fingerprint density at radius 2 is 1.69 bits per heavy atom. The average molecular weight is 507 g/mol. The minimum atomic E-state index is 0.0469. The number of hydrogen-bond acceptors (Lipinski definition) is 5. The zero-order valence-corrected chi connectivity index (χ0v) is 23.0. The highest BCUT2D eigenvalue weighted by Gasteiger charge is 2.28. The van der Waals surface area contributed by atoms with Gasteiger partial charge >= 0.3 is 0 Å². The lowest BCUT2D eigenvalue weighted by molar-refractivity contribution is 0.103. The molecule has 1 aliphatic rings. The summed E-state index contributed by atoms with van der Waals surface area (Å²) in [6.45, 7) is 9.76. The van der Waals surface area contributed by atoms with Gasteiger partial charge in [0.25, 0.3) is 0 Å². The number of fused-ring (bicyclic) bond motifs is 1. The van der Waals surface area contributed by atoms with Crippen molar-refractivity contribution in [2.45, 2.75) is 84.1 Å². The maximum absolute atomic E-state index is 13.3. The van der Waals surface area contributed by atoms with Gasteiger partial charge in [-0.1, -0.05) is 40.0 Å².